The van der Waals surface area contributed by atoms with Crippen LogP contribution in [0.25, 0.3) is 0 Å². The van der Waals surface area contributed by atoms with Crippen LogP contribution < -0.4 is 5.32 Å². The van der Waals surface area contributed by atoms with E-state index >= 15 is 0 Å². The Balaban J connectivity index is 1.95. The van der Waals surface area contributed by atoms with Crippen molar-refractivity contribution in [1.29, 1.82) is 0 Å². The lowest BCUT2D eigenvalue weighted by Crippen LogP contribution is -2.22. The van der Waals surface area contributed by atoms with E-state index in [1.807, 2.05) is 12.1 Å². The monoisotopic (exact) mass is 210 g/mol. The minimum absolute atomic E-state index is 0.152. The maximum absolute atomic E-state index is 11.6. The van der Waals surface area contributed by atoms with Gasteiger partial charge < -0.3 is 5.32 Å². The summed E-state index contributed by atoms with van der Waals surface area (Å²) in [5, 5.41) is 2.79. The minimum atomic E-state index is -0.152. The van der Waals surface area contributed by atoms with E-state index in [4.69, 9.17) is 0 Å². The highest BCUT2D eigenvalue weighted by Gasteiger charge is 2.03. The molecule has 0 saturated heterocycles. The van der Waals surface area contributed by atoms with Crippen molar-refractivity contribution in [2.75, 3.05) is 0 Å². The van der Waals surface area contributed by atoms with Gasteiger partial charge in [0.2, 0.25) is 0 Å². The van der Waals surface area contributed by atoms with Crippen LogP contribution in [0.3, 0.4) is 0 Å². The zero-order valence-electron chi connectivity index (χ0n) is 8.60. The fraction of sp³-hybridized carbons (Fsp3) is 0.0769. The van der Waals surface area contributed by atoms with Crippen LogP contribution in [-0.4, -0.2) is 10.9 Å². The predicted octanol–water partition coefficient (Wildman–Crippen LogP) is 1.61. The van der Waals surface area contributed by atoms with Crippen LogP contribution in [0.15, 0.2) is 42.7 Å². The van der Waals surface area contributed by atoms with E-state index < -0.39 is 0 Å². The van der Waals surface area contributed by atoms with Gasteiger partial charge in [0.25, 0.3) is 5.91 Å². The molecule has 0 saturated carbocycles. The first-order chi connectivity index (χ1) is 7.86. The van der Waals surface area contributed by atoms with Gasteiger partial charge in [0, 0.05) is 30.6 Å². The zero-order chi connectivity index (χ0) is 11.2. The van der Waals surface area contributed by atoms with E-state index in [2.05, 4.69) is 22.4 Å². The number of amides is 1. The minimum Gasteiger partial charge on any atom is -0.348 e. The topological polar surface area (TPSA) is 42.0 Å². The lowest BCUT2D eigenvalue weighted by Gasteiger charge is -2.04. The van der Waals surface area contributed by atoms with Crippen LogP contribution in [0, 0.1) is 12.1 Å². The molecule has 2 aromatic rings. The standard InChI is InChI=1S/C13H10N2O/c16-13(12-6-2-1-3-7-12)15-10-11-5-4-8-14-9-11/h1-2,4-6,8-9H,10H2,(H,15,16). The summed E-state index contributed by atoms with van der Waals surface area (Å²) < 4.78 is 0. The molecule has 0 unspecified atom stereocenters. The third-order valence-corrected chi connectivity index (χ3v) is 2.07. The summed E-state index contributed by atoms with van der Waals surface area (Å²) in [7, 11) is 0. The number of hydrogen-bond acceptors (Lipinski definition) is 2. The highest BCUT2D eigenvalue weighted by Crippen LogP contribution is 1.99. The van der Waals surface area contributed by atoms with Gasteiger partial charge in [-0.15, -0.1) is 0 Å². The number of rotatable bonds is 3. The second-order valence-electron chi connectivity index (χ2n) is 3.25. The molecule has 1 aromatic heterocycles. The molecular weight excluding hydrogens is 200 g/mol. The highest BCUT2D eigenvalue weighted by molar-refractivity contribution is 5.93. The molecule has 2 rings (SSSR count). The van der Waals surface area contributed by atoms with Crippen LogP contribution in [0.1, 0.15) is 15.9 Å². The quantitative estimate of drug-likeness (QED) is 0.836. The Morgan fingerprint density at radius 1 is 1.38 bits per heavy atom. The Labute approximate surface area is 94.1 Å². The van der Waals surface area contributed by atoms with Crippen molar-refractivity contribution in [2.45, 2.75) is 6.54 Å². The van der Waals surface area contributed by atoms with Gasteiger partial charge >= 0.3 is 0 Å². The van der Waals surface area contributed by atoms with Gasteiger partial charge in [-0.3, -0.25) is 9.78 Å². The molecule has 0 aliphatic rings. The van der Waals surface area contributed by atoms with Gasteiger partial charge in [0.15, 0.2) is 0 Å². The molecule has 1 N–H and O–H groups in total. The molecule has 0 spiro atoms. The first-order valence-electron chi connectivity index (χ1n) is 4.92. The van der Waals surface area contributed by atoms with Crippen LogP contribution >= 0.6 is 0 Å². The number of hydrogen-bond donors (Lipinski definition) is 1. The number of nitrogens with zero attached hydrogens (tertiary/aromatic N) is 1. The molecule has 1 aromatic carbocycles. The molecule has 16 heavy (non-hydrogen) atoms. The third-order valence-electron chi connectivity index (χ3n) is 2.07. The molecule has 0 bridgehead atoms. The second kappa shape index (κ2) is 5.07. The normalized spacial score (nSPS) is 9.75. The third kappa shape index (κ3) is 2.67. The summed E-state index contributed by atoms with van der Waals surface area (Å²) in [6.45, 7) is 0.468. The van der Waals surface area contributed by atoms with Crippen LogP contribution in [0.4, 0.5) is 0 Å². The summed E-state index contributed by atoms with van der Waals surface area (Å²) >= 11 is 0. The second-order valence-corrected chi connectivity index (χ2v) is 3.25. The summed E-state index contributed by atoms with van der Waals surface area (Å²) in [5.41, 5.74) is 1.46. The highest BCUT2D eigenvalue weighted by atomic mass is 16.1. The SMILES string of the molecule is O=C(NCc1cccnc1)c1[c][c]ccc1. The van der Waals surface area contributed by atoms with Crippen molar-refractivity contribution < 1.29 is 4.79 Å². The molecule has 3 heteroatoms. The molecule has 0 fully saturated rings. The maximum Gasteiger partial charge on any atom is 0.252 e. The first kappa shape index (κ1) is 10.4. The summed E-state index contributed by atoms with van der Waals surface area (Å²) in [5.74, 6) is -0.152. The number of pyridine rings is 1. The van der Waals surface area contributed by atoms with E-state index in [1.54, 1.807) is 30.6 Å². The Hall–Kier alpha value is -2.16. The smallest absolute Gasteiger partial charge is 0.252 e. The maximum atomic E-state index is 11.6. The Morgan fingerprint density at radius 3 is 3.00 bits per heavy atom. The molecule has 1 heterocycles. The van der Waals surface area contributed by atoms with Crippen molar-refractivity contribution >= 4 is 5.91 Å². The van der Waals surface area contributed by atoms with Gasteiger partial charge in [-0.25, -0.2) is 0 Å². The van der Waals surface area contributed by atoms with Gasteiger partial charge in [0.05, 0.1) is 0 Å². The number of nitrogens with one attached hydrogen (secondary N) is 1. The molecule has 78 valence electrons. The number of carbonyl (C=O) groups is 1. The van der Waals surface area contributed by atoms with Gasteiger partial charge in [0.1, 0.15) is 0 Å². The summed E-state index contributed by atoms with van der Waals surface area (Å²) in [4.78, 5) is 15.6. The molecule has 0 aliphatic heterocycles. The fourth-order valence-electron chi connectivity index (χ4n) is 1.27. The van der Waals surface area contributed by atoms with Gasteiger partial charge in [-0.1, -0.05) is 18.2 Å². The molecular formula is C13H10N2O. The molecule has 3 nitrogen and oxygen atoms in total. The molecule has 2 radical (unpaired) electrons. The Morgan fingerprint density at radius 2 is 2.31 bits per heavy atom. The van der Waals surface area contributed by atoms with E-state index in [0.717, 1.165) is 5.56 Å². The lowest BCUT2D eigenvalue weighted by molar-refractivity contribution is 0.0950. The summed E-state index contributed by atoms with van der Waals surface area (Å²) in [6.07, 6.45) is 3.42. The van der Waals surface area contributed by atoms with Crippen molar-refractivity contribution in [3.05, 3.63) is 66.0 Å². The van der Waals surface area contributed by atoms with E-state index in [-0.39, 0.29) is 5.91 Å². The number of aromatic nitrogens is 1. The average Bonchev–Trinajstić information content (AvgIpc) is 2.38. The Kier molecular flexibility index (Phi) is 3.28. The van der Waals surface area contributed by atoms with Crippen LogP contribution in [0.5, 0.6) is 0 Å². The van der Waals surface area contributed by atoms with E-state index in [0.29, 0.717) is 12.1 Å². The van der Waals surface area contributed by atoms with Gasteiger partial charge in [-0.2, -0.15) is 0 Å². The van der Waals surface area contributed by atoms with Gasteiger partial charge in [-0.05, 0) is 23.8 Å². The van der Waals surface area contributed by atoms with Crippen LogP contribution in [-0.2, 0) is 6.54 Å². The zero-order valence-corrected chi connectivity index (χ0v) is 8.60. The predicted molar refractivity (Wildman–Crippen MR) is 59.5 cm³/mol. The van der Waals surface area contributed by atoms with Crippen molar-refractivity contribution in [3.8, 4) is 0 Å². The largest absolute Gasteiger partial charge is 0.348 e. The number of carbonyl (C=O) groups excluding carboxylic acids is 1. The van der Waals surface area contributed by atoms with E-state index in [9.17, 15) is 4.79 Å². The molecule has 0 aliphatic carbocycles. The van der Waals surface area contributed by atoms with Crippen molar-refractivity contribution in [3.63, 3.8) is 0 Å². The average molecular weight is 210 g/mol. The van der Waals surface area contributed by atoms with Crippen molar-refractivity contribution in [1.82, 2.24) is 10.3 Å². The number of benzene rings is 1. The molecule has 1 amide bonds. The molecule has 0 atom stereocenters. The fourth-order valence-corrected chi connectivity index (χ4v) is 1.27. The summed E-state index contributed by atoms with van der Waals surface area (Å²) in [6, 6.07) is 14.4. The Bertz CT molecular complexity index is 454. The first-order valence-corrected chi connectivity index (χ1v) is 4.92. The lowest BCUT2D eigenvalue weighted by atomic mass is 10.2. The van der Waals surface area contributed by atoms with Crippen molar-refractivity contribution in [2.24, 2.45) is 0 Å². The van der Waals surface area contributed by atoms with E-state index in [1.165, 1.54) is 0 Å². The van der Waals surface area contributed by atoms with Crippen LogP contribution in [0.2, 0.25) is 0 Å².